The molecule has 0 saturated heterocycles. The van der Waals surface area contributed by atoms with Crippen LogP contribution in [0.4, 0.5) is 0 Å². The van der Waals surface area contributed by atoms with E-state index in [0.29, 0.717) is 5.56 Å². The Kier molecular flexibility index (Phi) is 3.09. The summed E-state index contributed by atoms with van der Waals surface area (Å²) in [6.45, 7) is 3.85. The lowest BCUT2D eigenvalue weighted by molar-refractivity contribution is 0.0696. The first-order chi connectivity index (χ1) is 6.07. The Labute approximate surface area is 85.7 Å². The minimum atomic E-state index is -0.861. The van der Waals surface area contributed by atoms with E-state index in [2.05, 4.69) is 15.9 Å². The van der Waals surface area contributed by atoms with Gasteiger partial charge in [-0.3, -0.25) is 0 Å². The van der Waals surface area contributed by atoms with Gasteiger partial charge in [0.1, 0.15) is 0 Å². The van der Waals surface area contributed by atoms with Gasteiger partial charge in [-0.1, -0.05) is 22.9 Å². The van der Waals surface area contributed by atoms with Gasteiger partial charge in [0.05, 0.1) is 5.56 Å². The summed E-state index contributed by atoms with van der Waals surface area (Å²) in [5, 5.41) is 8.86. The van der Waals surface area contributed by atoms with Crippen molar-refractivity contribution < 1.29 is 9.90 Å². The van der Waals surface area contributed by atoms with Crippen LogP contribution >= 0.6 is 15.9 Å². The van der Waals surface area contributed by atoms with Crippen LogP contribution in [-0.4, -0.2) is 11.1 Å². The molecule has 1 aromatic carbocycles. The monoisotopic (exact) mass is 242 g/mol. The highest BCUT2D eigenvalue weighted by molar-refractivity contribution is 9.10. The van der Waals surface area contributed by atoms with Gasteiger partial charge in [-0.25, -0.2) is 4.79 Å². The van der Waals surface area contributed by atoms with Gasteiger partial charge in [0.2, 0.25) is 0 Å². The quantitative estimate of drug-likeness (QED) is 0.866. The summed E-state index contributed by atoms with van der Waals surface area (Å²) in [6.07, 6.45) is 0.841. The summed E-state index contributed by atoms with van der Waals surface area (Å²) in [4.78, 5) is 10.8. The van der Waals surface area contributed by atoms with E-state index in [-0.39, 0.29) is 0 Å². The van der Waals surface area contributed by atoms with Crippen molar-refractivity contribution in [1.82, 2.24) is 0 Å². The summed E-state index contributed by atoms with van der Waals surface area (Å²) in [5.41, 5.74) is 2.31. The van der Waals surface area contributed by atoms with Crippen molar-refractivity contribution in [2.75, 3.05) is 0 Å². The largest absolute Gasteiger partial charge is 0.478 e. The van der Waals surface area contributed by atoms with Gasteiger partial charge in [0.15, 0.2) is 0 Å². The van der Waals surface area contributed by atoms with Gasteiger partial charge >= 0.3 is 5.97 Å². The van der Waals surface area contributed by atoms with Crippen LogP contribution in [0.5, 0.6) is 0 Å². The second-order valence-corrected chi connectivity index (χ2v) is 3.71. The first-order valence-electron chi connectivity index (χ1n) is 4.09. The van der Waals surface area contributed by atoms with E-state index in [4.69, 9.17) is 5.11 Å². The maximum atomic E-state index is 10.8. The topological polar surface area (TPSA) is 37.3 Å². The number of aromatic carboxylic acids is 1. The molecule has 70 valence electrons. The first-order valence-corrected chi connectivity index (χ1v) is 4.88. The van der Waals surface area contributed by atoms with E-state index >= 15 is 0 Å². The fourth-order valence-electron chi connectivity index (χ4n) is 1.39. The highest BCUT2D eigenvalue weighted by Gasteiger charge is 2.11. The Bertz CT molecular complexity index is 345. The van der Waals surface area contributed by atoms with Crippen molar-refractivity contribution in [3.63, 3.8) is 0 Å². The normalized spacial score (nSPS) is 10.1. The Hall–Kier alpha value is -0.830. The second-order valence-electron chi connectivity index (χ2n) is 2.86. The second kappa shape index (κ2) is 3.92. The van der Waals surface area contributed by atoms with Crippen LogP contribution in [0.3, 0.4) is 0 Å². The van der Waals surface area contributed by atoms with E-state index < -0.39 is 5.97 Å². The number of carboxylic acids is 1. The molecule has 0 aliphatic rings. The third-order valence-electron chi connectivity index (χ3n) is 2.13. The highest BCUT2D eigenvalue weighted by atomic mass is 79.9. The van der Waals surface area contributed by atoms with Crippen LogP contribution in [0.1, 0.15) is 28.4 Å². The lowest BCUT2D eigenvalue weighted by Gasteiger charge is -2.08. The number of carboxylic acid groups (broad SMARTS) is 1. The van der Waals surface area contributed by atoms with Gasteiger partial charge in [0.25, 0.3) is 0 Å². The van der Waals surface area contributed by atoms with Crippen molar-refractivity contribution in [2.45, 2.75) is 20.3 Å². The van der Waals surface area contributed by atoms with Gasteiger partial charge < -0.3 is 5.11 Å². The molecule has 0 radical (unpaired) electrons. The first kappa shape index (κ1) is 10.3. The molecule has 0 spiro atoms. The Morgan fingerprint density at radius 2 is 2.15 bits per heavy atom. The fourth-order valence-corrected chi connectivity index (χ4v) is 2.10. The molecule has 1 rings (SSSR count). The van der Waals surface area contributed by atoms with Crippen molar-refractivity contribution in [3.8, 4) is 0 Å². The van der Waals surface area contributed by atoms with Gasteiger partial charge in [-0.15, -0.1) is 0 Å². The van der Waals surface area contributed by atoms with Crippen LogP contribution in [0, 0.1) is 6.92 Å². The standard InChI is InChI=1S/C10H11BrO2/c1-3-7-6(2)8(10(12)13)4-5-9(7)11/h4-5H,3H2,1-2H3,(H,12,13). The third-order valence-corrected chi connectivity index (χ3v) is 2.87. The number of carbonyl (C=O) groups is 1. The SMILES string of the molecule is CCc1c(Br)ccc(C(=O)O)c1C. The zero-order valence-corrected chi connectivity index (χ0v) is 9.18. The molecular weight excluding hydrogens is 232 g/mol. The smallest absolute Gasteiger partial charge is 0.335 e. The van der Waals surface area contributed by atoms with E-state index in [9.17, 15) is 4.79 Å². The van der Waals surface area contributed by atoms with Crippen molar-refractivity contribution in [2.24, 2.45) is 0 Å². The molecule has 0 aromatic heterocycles. The van der Waals surface area contributed by atoms with Gasteiger partial charge in [0, 0.05) is 4.47 Å². The molecule has 13 heavy (non-hydrogen) atoms. The molecular formula is C10H11BrO2. The summed E-state index contributed by atoms with van der Waals surface area (Å²) in [6, 6.07) is 3.41. The number of hydrogen-bond donors (Lipinski definition) is 1. The van der Waals surface area contributed by atoms with Crippen LogP contribution in [-0.2, 0) is 6.42 Å². The summed E-state index contributed by atoms with van der Waals surface area (Å²) in [7, 11) is 0. The lowest BCUT2D eigenvalue weighted by atomic mass is 10.0. The Morgan fingerprint density at radius 1 is 1.54 bits per heavy atom. The maximum absolute atomic E-state index is 10.8. The molecule has 0 amide bonds. The average Bonchev–Trinajstić information content (AvgIpc) is 2.04. The van der Waals surface area contributed by atoms with Gasteiger partial charge in [-0.2, -0.15) is 0 Å². The predicted octanol–water partition coefficient (Wildman–Crippen LogP) is 3.02. The molecule has 0 atom stereocenters. The third kappa shape index (κ3) is 1.91. The maximum Gasteiger partial charge on any atom is 0.335 e. The van der Waals surface area contributed by atoms with E-state index in [1.54, 1.807) is 12.1 Å². The van der Waals surface area contributed by atoms with Crippen LogP contribution in [0.15, 0.2) is 16.6 Å². The number of halogens is 1. The molecule has 0 saturated carbocycles. The van der Waals surface area contributed by atoms with Crippen molar-refractivity contribution >= 4 is 21.9 Å². The zero-order valence-electron chi connectivity index (χ0n) is 7.60. The van der Waals surface area contributed by atoms with Crippen LogP contribution in [0.25, 0.3) is 0 Å². The predicted molar refractivity (Wildman–Crippen MR) is 55.2 cm³/mol. The molecule has 0 aliphatic carbocycles. The molecule has 1 N–H and O–H groups in total. The number of rotatable bonds is 2. The summed E-state index contributed by atoms with van der Waals surface area (Å²) < 4.78 is 0.984. The van der Waals surface area contributed by atoms with E-state index in [0.717, 1.165) is 22.0 Å². The van der Waals surface area contributed by atoms with Crippen LogP contribution in [0.2, 0.25) is 0 Å². The molecule has 0 aliphatic heterocycles. The summed E-state index contributed by atoms with van der Waals surface area (Å²) >= 11 is 3.40. The zero-order chi connectivity index (χ0) is 10.0. The average molecular weight is 243 g/mol. The van der Waals surface area contributed by atoms with E-state index in [1.807, 2.05) is 13.8 Å². The number of benzene rings is 1. The molecule has 0 bridgehead atoms. The highest BCUT2D eigenvalue weighted by Crippen LogP contribution is 2.23. The van der Waals surface area contributed by atoms with Crippen LogP contribution < -0.4 is 0 Å². The van der Waals surface area contributed by atoms with Gasteiger partial charge in [-0.05, 0) is 36.6 Å². The number of hydrogen-bond acceptors (Lipinski definition) is 1. The molecule has 3 heteroatoms. The Morgan fingerprint density at radius 3 is 2.62 bits per heavy atom. The minimum Gasteiger partial charge on any atom is -0.478 e. The molecule has 1 aromatic rings. The molecule has 0 fully saturated rings. The van der Waals surface area contributed by atoms with E-state index in [1.165, 1.54) is 0 Å². The minimum absolute atomic E-state index is 0.389. The van der Waals surface area contributed by atoms with Crippen molar-refractivity contribution in [3.05, 3.63) is 33.3 Å². The van der Waals surface area contributed by atoms with Crippen molar-refractivity contribution in [1.29, 1.82) is 0 Å². The fraction of sp³-hybridized carbons (Fsp3) is 0.300. The molecule has 0 heterocycles. The molecule has 2 nitrogen and oxygen atoms in total. The summed E-state index contributed by atoms with van der Waals surface area (Å²) in [5.74, 6) is -0.861. The lowest BCUT2D eigenvalue weighted by Crippen LogP contribution is -2.02. The Balaban J connectivity index is 3.35. The molecule has 0 unspecified atom stereocenters.